The highest BCUT2D eigenvalue weighted by Crippen LogP contribution is 2.30. The molecule has 0 saturated carbocycles. The predicted octanol–water partition coefficient (Wildman–Crippen LogP) is 5.12. The van der Waals surface area contributed by atoms with Crippen LogP contribution in [-0.2, 0) is 12.6 Å². The Balaban J connectivity index is 1.86. The first-order valence-corrected chi connectivity index (χ1v) is 8.03. The molecule has 1 atom stereocenters. The van der Waals surface area contributed by atoms with Crippen molar-refractivity contribution in [3.63, 3.8) is 0 Å². The van der Waals surface area contributed by atoms with Crippen molar-refractivity contribution in [1.82, 2.24) is 9.97 Å². The molecule has 2 aromatic carbocycles. The summed E-state index contributed by atoms with van der Waals surface area (Å²) in [6, 6.07) is 6.70. The van der Waals surface area contributed by atoms with Gasteiger partial charge in [-0.15, -0.1) is 0 Å². The van der Waals surface area contributed by atoms with Crippen LogP contribution in [0.3, 0.4) is 0 Å². The highest BCUT2D eigenvalue weighted by molar-refractivity contribution is 7.80. The molecule has 132 valence electrons. The lowest BCUT2D eigenvalue weighted by atomic mass is 9.99. The van der Waals surface area contributed by atoms with Gasteiger partial charge >= 0.3 is 6.18 Å². The molecule has 1 heterocycles. The van der Waals surface area contributed by atoms with Gasteiger partial charge in [0, 0.05) is 17.7 Å². The van der Waals surface area contributed by atoms with Gasteiger partial charge in [-0.3, -0.25) is 0 Å². The fourth-order valence-corrected chi connectivity index (χ4v) is 2.92. The fourth-order valence-electron chi connectivity index (χ4n) is 2.62. The molecule has 0 radical (unpaired) electrons. The standard InChI is InChI=1S/C17H13F5N2S/c18-12-6-13(19)15-14(7-12)23-16(24-15)10(8-25)5-9-1-3-11(4-2-9)17(20,21)22/h1-4,6-7,10,25H,5,8H2,(H,23,24)/t10-/m1/s1. The van der Waals surface area contributed by atoms with Crippen LogP contribution in [0.4, 0.5) is 22.0 Å². The molecule has 0 fully saturated rings. The van der Waals surface area contributed by atoms with Crippen molar-refractivity contribution in [2.45, 2.75) is 18.5 Å². The number of rotatable bonds is 4. The maximum Gasteiger partial charge on any atom is 0.416 e. The number of aromatic amines is 1. The molecule has 0 aliphatic rings. The summed E-state index contributed by atoms with van der Waals surface area (Å²) in [5.74, 6) is -1.02. The molecule has 3 aromatic rings. The van der Waals surface area contributed by atoms with Crippen molar-refractivity contribution in [3.05, 3.63) is 65.0 Å². The van der Waals surface area contributed by atoms with E-state index in [1.807, 2.05) is 0 Å². The summed E-state index contributed by atoms with van der Waals surface area (Å²) >= 11 is 4.24. The van der Waals surface area contributed by atoms with E-state index in [0.717, 1.165) is 24.3 Å². The number of fused-ring (bicyclic) bond motifs is 1. The van der Waals surface area contributed by atoms with E-state index in [2.05, 4.69) is 22.6 Å². The van der Waals surface area contributed by atoms with Crippen LogP contribution in [0, 0.1) is 11.6 Å². The Labute approximate surface area is 145 Å². The monoisotopic (exact) mass is 372 g/mol. The number of nitrogens with one attached hydrogen (secondary N) is 1. The molecule has 25 heavy (non-hydrogen) atoms. The third-order valence-corrected chi connectivity index (χ3v) is 4.33. The number of halogens is 5. The average Bonchev–Trinajstić information content (AvgIpc) is 2.96. The number of benzene rings is 2. The SMILES string of the molecule is Fc1cc(F)c2nc([C@@H](CS)Cc3ccc(C(F)(F)F)cc3)[nH]c2c1. The Bertz CT molecular complexity index is 886. The van der Waals surface area contributed by atoms with E-state index in [1.54, 1.807) is 0 Å². The Morgan fingerprint density at radius 2 is 1.76 bits per heavy atom. The van der Waals surface area contributed by atoms with Crippen LogP contribution in [0.2, 0.25) is 0 Å². The number of imidazole rings is 1. The minimum atomic E-state index is -4.39. The summed E-state index contributed by atoms with van der Waals surface area (Å²) in [4.78, 5) is 7.02. The van der Waals surface area contributed by atoms with Gasteiger partial charge < -0.3 is 4.98 Å². The number of alkyl halides is 3. The normalized spacial score (nSPS) is 13.4. The topological polar surface area (TPSA) is 28.7 Å². The minimum Gasteiger partial charge on any atom is -0.342 e. The van der Waals surface area contributed by atoms with Crippen LogP contribution in [-0.4, -0.2) is 15.7 Å². The molecule has 1 aromatic heterocycles. The third-order valence-electron chi connectivity index (χ3n) is 3.89. The lowest BCUT2D eigenvalue weighted by Gasteiger charge is -2.13. The summed E-state index contributed by atoms with van der Waals surface area (Å²) < 4.78 is 64.9. The van der Waals surface area contributed by atoms with Gasteiger partial charge in [-0.05, 0) is 30.2 Å². The maximum atomic E-state index is 13.8. The van der Waals surface area contributed by atoms with Crippen LogP contribution < -0.4 is 0 Å². The lowest BCUT2D eigenvalue weighted by molar-refractivity contribution is -0.137. The molecule has 0 bridgehead atoms. The Morgan fingerprint density at radius 1 is 1.08 bits per heavy atom. The third kappa shape index (κ3) is 3.78. The number of aromatic nitrogens is 2. The van der Waals surface area contributed by atoms with Crippen LogP contribution in [0.1, 0.15) is 22.9 Å². The van der Waals surface area contributed by atoms with Crippen LogP contribution in [0.5, 0.6) is 0 Å². The second-order valence-corrected chi connectivity index (χ2v) is 6.05. The molecule has 0 amide bonds. The van der Waals surface area contributed by atoms with Crippen LogP contribution in [0.15, 0.2) is 36.4 Å². The maximum absolute atomic E-state index is 13.8. The number of thiol groups is 1. The molecular weight excluding hydrogens is 359 g/mol. The van der Waals surface area contributed by atoms with Gasteiger partial charge in [0.15, 0.2) is 5.82 Å². The van der Waals surface area contributed by atoms with Gasteiger partial charge in [0.1, 0.15) is 17.2 Å². The molecule has 8 heteroatoms. The number of H-pyrrole nitrogens is 1. The summed E-state index contributed by atoms with van der Waals surface area (Å²) in [6.07, 6.45) is -4.02. The molecule has 2 nitrogen and oxygen atoms in total. The van der Waals surface area contributed by atoms with Crippen molar-refractivity contribution in [2.75, 3.05) is 5.75 Å². The zero-order chi connectivity index (χ0) is 18.2. The smallest absolute Gasteiger partial charge is 0.342 e. The average molecular weight is 372 g/mol. The van der Waals surface area contributed by atoms with Crippen LogP contribution >= 0.6 is 12.6 Å². The Kier molecular flexibility index (Phi) is 4.73. The largest absolute Gasteiger partial charge is 0.416 e. The van der Waals surface area contributed by atoms with E-state index in [9.17, 15) is 22.0 Å². The zero-order valence-corrected chi connectivity index (χ0v) is 13.6. The molecule has 0 saturated heterocycles. The van der Waals surface area contributed by atoms with Gasteiger partial charge in [-0.1, -0.05) is 12.1 Å². The number of nitrogens with zero attached hydrogens (tertiary/aromatic N) is 1. The van der Waals surface area contributed by atoms with Gasteiger partial charge in [0.05, 0.1) is 11.1 Å². The van der Waals surface area contributed by atoms with Crippen molar-refractivity contribution >= 4 is 23.7 Å². The highest BCUT2D eigenvalue weighted by Gasteiger charge is 2.30. The summed E-state index contributed by atoms with van der Waals surface area (Å²) in [5.41, 5.74) is 0.196. The van der Waals surface area contributed by atoms with Gasteiger partial charge in [-0.25, -0.2) is 13.8 Å². The van der Waals surface area contributed by atoms with Gasteiger partial charge in [0.25, 0.3) is 0 Å². The number of hydrogen-bond donors (Lipinski definition) is 2. The van der Waals surface area contributed by atoms with Crippen molar-refractivity contribution < 1.29 is 22.0 Å². The van der Waals surface area contributed by atoms with E-state index >= 15 is 0 Å². The van der Waals surface area contributed by atoms with Gasteiger partial charge in [0.2, 0.25) is 0 Å². The number of hydrogen-bond acceptors (Lipinski definition) is 2. The van der Waals surface area contributed by atoms with Crippen molar-refractivity contribution in [1.29, 1.82) is 0 Å². The molecule has 0 aliphatic carbocycles. The molecule has 0 spiro atoms. The first-order chi connectivity index (χ1) is 11.8. The summed E-state index contributed by atoms with van der Waals surface area (Å²) in [6.45, 7) is 0. The van der Waals surface area contributed by atoms with E-state index in [4.69, 9.17) is 0 Å². The Morgan fingerprint density at radius 3 is 2.36 bits per heavy atom. The quantitative estimate of drug-likeness (QED) is 0.483. The first kappa shape index (κ1) is 17.7. The molecule has 3 rings (SSSR count). The van der Waals surface area contributed by atoms with Crippen molar-refractivity contribution in [2.24, 2.45) is 0 Å². The lowest BCUT2D eigenvalue weighted by Crippen LogP contribution is -2.08. The predicted molar refractivity (Wildman–Crippen MR) is 87.8 cm³/mol. The minimum absolute atomic E-state index is 0.0237. The molecule has 0 unspecified atom stereocenters. The summed E-state index contributed by atoms with van der Waals surface area (Å²) in [7, 11) is 0. The zero-order valence-electron chi connectivity index (χ0n) is 12.7. The van der Waals surface area contributed by atoms with E-state index in [1.165, 1.54) is 12.1 Å². The fraction of sp³-hybridized carbons (Fsp3) is 0.235. The first-order valence-electron chi connectivity index (χ1n) is 7.39. The molecular formula is C17H13F5N2S. The van der Waals surface area contributed by atoms with Crippen molar-refractivity contribution in [3.8, 4) is 0 Å². The van der Waals surface area contributed by atoms with E-state index in [0.29, 0.717) is 23.6 Å². The highest BCUT2D eigenvalue weighted by atomic mass is 32.1. The van der Waals surface area contributed by atoms with Gasteiger partial charge in [-0.2, -0.15) is 25.8 Å². The second-order valence-electron chi connectivity index (χ2n) is 5.68. The van der Waals surface area contributed by atoms with Crippen LogP contribution in [0.25, 0.3) is 11.0 Å². The second kappa shape index (κ2) is 6.67. The van der Waals surface area contributed by atoms with E-state index < -0.39 is 23.4 Å². The Hall–Kier alpha value is -2.09. The van der Waals surface area contributed by atoms with E-state index in [-0.39, 0.29) is 17.0 Å². The molecule has 0 aliphatic heterocycles. The molecule has 1 N–H and O–H groups in total. The summed E-state index contributed by atoms with van der Waals surface area (Å²) in [5, 5.41) is 0.